The summed E-state index contributed by atoms with van der Waals surface area (Å²) in [6.07, 6.45) is 4.86. The van der Waals surface area contributed by atoms with E-state index in [0.29, 0.717) is 17.8 Å². The molecule has 24 heavy (non-hydrogen) atoms. The van der Waals surface area contributed by atoms with Crippen molar-refractivity contribution in [1.82, 2.24) is 9.88 Å². The highest BCUT2D eigenvalue weighted by Gasteiger charge is 2.26. The summed E-state index contributed by atoms with van der Waals surface area (Å²) in [4.78, 5) is 6.42. The van der Waals surface area contributed by atoms with Crippen LogP contribution in [0.4, 0.5) is 4.39 Å². The Morgan fingerprint density at radius 1 is 1.25 bits per heavy atom. The van der Waals surface area contributed by atoms with E-state index in [1.54, 1.807) is 13.1 Å². The third-order valence-electron chi connectivity index (χ3n) is 4.83. The number of pyridine rings is 1. The Balaban J connectivity index is 1.90. The van der Waals surface area contributed by atoms with Gasteiger partial charge < -0.3 is 10.2 Å². The molecule has 0 radical (unpaired) electrons. The van der Waals surface area contributed by atoms with E-state index in [2.05, 4.69) is 9.88 Å². The third-order valence-corrected chi connectivity index (χ3v) is 4.83. The molecule has 1 aliphatic rings. The van der Waals surface area contributed by atoms with E-state index >= 15 is 0 Å². The largest absolute Gasteiger partial charge is 0.506 e. The van der Waals surface area contributed by atoms with E-state index in [0.717, 1.165) is 36.9 Å². The zero-order valence-electron chi connectivity index (χ0n) is 13.9. The SMILES string of the molecule is Cc1ncc(CO)c(CN2CCCC[C@@H]2c2ccc(F)cc2)c1O. The van der Waals surface area contributed by atoms with Crippen LogP contribution in [-0.4, -0.2) is 26.6 Å². The Morgan fingerprint density at radius 3 is 2.71 bits per heavy atom. The molecule has 0 unspecified atom stereocenters. The molecule has 1 saturated heterocycles. The molecular weight excluding hydrogens is 307 g/mol. The van der Waals surface area contributed by atoms with Gasteiger partial charge in [0.1, 0.15) is 11.6 Å². The van der Waals surface area contributed by atoms with Gasteiger partial charge in [0.25, 0.3) is 0 Å². The van der Waals surface area contributed by atoms with Crippen molar-refractivity contribution in [2.24, 2.45) is 0 Å². The van der Waals surface area contributed by atoms with Gasteiger partial charge in [-0.15, -0.1) is 0 Å². The van der Waals surface area contributed by atoms with Crippen LogP contribution in [-0.2, 0) is 13.2 Å². The number of aliphatic hydroxyl groups is 1. The fraction of sp³-hybridized carbons (Fsp3) is 0.421. The smallest absolute Gasteiger partial charge is 0.141 e. The minimum Gasteiger partial charge on any atom is -0.506 e. The molecule has 1 aromatic carbocycles. The summed E-state index contributed by atoms with van der Waals surface area (Å²) in [5.74, 6) is -0.0731. The standard InChI is InChI=1S/C19H23FN2O2/c1-13-19(24)17(15(12-23)10-21-13)11-22-9-3-2-4-18(22)14-5-7-16(20)8-6-14/h5-8,10,18,23-24H,2-4,9,11-12H2,1H3/t18-/m1/s1. The lowest BCUT2D eigenvalue weighted by Gasteiger charge is -2.36. The number of aliphatic hydroxyl groups excluding tert-OH is 1. The van der Waals surface area contributed by atoms with Crippen molar-refractivity contribution in [2.45, 2.75) is 45.4 Å². The Morgan fingerprint density at radius 2 is 2.00 bits per heavy atom. The number of piperidine rings is 1. The van der Waals surface area contributed by atoms with Gasteiger partial charge in [-0.2, -0.15) is 0 Å². The number of aromatic hydroxyl groups is 1. The van der Waals surface area contributed by atoms with Crippen molar-refractivity contribution in [1.29, 1.82) is 0 Å². The summed E-state index contributed by atoms with van der Waals surface area (Å²) >= 11 is 0. The highest BCUT2D eigenvalue weighted by Crippen LogP contribution is 2.34. The van der Waals surface area contributed by atoms with Crippen LogP contribution < -0.4 is 0 Å². The summed E-state index contributed by atoms with van der Waals surface area (Å²) in [6, 6.07) is 6.86. The highest BCUT2D eigenvalue weighted by molar-refractivity contribution is 5.40. The fourth-order valence-electron chi connectivity index (χ4n) is 3.44. The van der Waals surface area contributed by atoms with Crippen LogP contribution >= 0.6 is 0 Å². The molecule has 4 nitrogen and oxygen atoms in total. The molecule has 1 fully saturated rings. The van der Waals surface area contributed by atoms with Crippen LogP contribution in [0.1, 0.15) is 47.7 Å². The molecule has 1 aromatic heterocycles. The zero-order valence-corrected chi connectivity index (χ0v) is 13.9. The van der Waals surface area contributed by atoms with Gasteiger partial charge in [0, 0.05) is 29.9 Å². The maximum atomic E-state index is 13.2. The minimum absolute atomic E-state index is 0.148. The van der Waals surface area contributed by atoms with Crippen LogP contribution in [0, 0.1) is 12.7 Å². The van der Waals surface area contributed by atoms with Crippen molar-refractivity contribution in [3.8, 4) is 5.75 Å². The number of benzene rings is 1. The molecule has 0 amide bonds. The first-order valence-corrected chi connectivity index (χ1v) is 8.37. The van der Waals surface area contributed by atoms with E-state index in [1.165, 1.54) is 12.1 Å². The molecule has 2 heterocycles. The van der Waals surface area contributed by atoms with E-state index in [9.17, 15) is 14.6 Å². The maximum absolute atomic E-state index is 13.2. The van der Waals surface area contributed by atoms with E-state index in [-0.39, 0.29) is 24.2 Å². The molecule has 1 atom stereocenters. The summed E-state index contributed by atoms with van der Waals surface area (Å²) in [7, 11) is 0. The van der Waals surface area contributed by atoms with Crippen LogP contribution in [0.5, 0.6) is 5.75 Å². The first kappa shape index (κ1) is 16.9. The fourth-order valence-corrected chi connectivity index (χ4v) is 3.44. The van der Waals surface area contributed by atoms with Crippen LogP contribution in [0.3, 0.4) is 0 Å². The number of aromatic nitrogens is 1. The predicted molar refractivity (Wildman–Crippen MR) is 90.0 cm³/mol. The number of halogens is 1. The molecule has 2 N–H and O–H groups in total. The Labute approximate surface area is 141 Å². The predicted octanol–water partition coefficient (Wildman–Crippen LogP) is 3.45. The quantitative estimate of drug-likeness (QED) is 0.901. The second-order valence-electron chi connectivity index (χ2n) is 6.39. The molecule has 128 valence electrons. The molecular formula is C19H23FN2O2. The van der Waals surface area contributed by atoms with Gasteiger partial charge in [0.15, 0.2) is 0 Å². The van der Waals surface area contributed by atoms with Crippen molar-refractivity contribution in [3.05, 3.63) is 58.7 Å². The second kappa shape index (κ2) is 7.28. The van der Waals surface area contributed by atoms with Gasteiger partial charge in [-0.05, 0) is 44.0 Å². The third kappa shape index (κ3) is 3.42. The first-order valence-electron chi connectivity index (χ1n) is 8.37. The monoisotopic (exact) mass is 330 g/mol. The molecule has 0 spiro atoms. The molecule has 0 saturated carbocycles. The van der Waals surface area contributed by atoms with Crippen molar-refractivity contribution >= 4 is 0 Å². The number of hydrogen-bond acceptors (Lipinski definition) is 4. The summed E-state index contributed by atoms with van der Waals surface area (Å²) in [6.45, 7) is 3.07. The second-order valence-corrected chi connectivity index (χ2v) is 6.39. The Bertz CT molecular complexity index is 703. The molecule has 2 aromatic rings. The number of likely N-dealkylation sites (tertiary alicyclic amines) is 1. The minimum atomic E-state index is -0.230. The summed E-state index contributed by atoms with van der Waals surface area (Å²) < 4.78 is 13.2. The number of rotatable bonds is 4. The molecule has 1 aliphatic heterocycles. The van der Waals surface area contributed by atoms with Gasteiger partial charge in [-0.3, -0.25) is 9.88 Å². The Hall–Kier alpha value is -1.98. The van der Waals surface area contributed by atoms with E-state index in [1.807, 2.05) is 12.1 Å². The lowest BCUT2D eigenvalue weighted by atomic mass is 9.94. The average molecular weight is 330 g/mol. The van der Waals surface area contributed by atoms with Gasteiger partial charge in [-0.25, -0.2) is 4.39 Å². The first-order chi connectivity index (χ1) is 11.6. The Kier molecular flexibility index (Phi) is 5.11. The number of hydrogen-bond donors (Lipinski definition) is 2. The van der Waals surface area contributed by atoms with E-state index < -0.39 is 0 Å². The van der Waals surface area contributed by atoms with Crippen LogP contribution in [0.25, 0.3) is 0 Å². The molecule has 0 bridgehead atoms. The number of aryl methyl sites for hydroxylation is 1. The van der Waals surface area contributed by atoms with Gasteiger partial charge in [0.2, 0.25) is 0 Å². The van der Waals surface area contributed by atoms with Gasteiger partial charge in [-0.1, -0.05) is 18.6 Å². The number of nitrogens with zero attached hydrogens (tertiary/aromatic N) is 2. The topological polar surface area (TPSA) is 56.6 Å². The normalized spacial score (nSPS) is 18.7. The summed E-state index contributed by atoms with van der Waals surface area (Å²) in [5.41, 5.74) is 3.05. The molecule has 0 aliphatic carbocycles. The van der Waals surface area contributed by atoms with Gasteiger partial charge >= 0.3 is 0 Å². The van der Waals surface area contributed by atoms with Gasteiger partial charge in [0.05, 0.1) is 12.3 Å². The lowest BCUT2D eigenvalue weighted by Crippen LogP contribution is -2.33. The average Bonchev–Trinajstić information content (AvgIpc) is 2.60. The summed E-state index contributed by atoms with van der Waals surface area (Å²) in [5, 5.41) is 19.9. The van der Waals surface area contributed by atoms with E-state index in [4.69, 9.17) is 0 Å². The maximum Gasteiger partial charge on any atom is 0.141 e. The van der Waals surface area contributed by atoms with Crippen molar-refractivity contribution < 1.29 is 14.6 Å². The molecule has 3 rings (SSSR count). The van der Waals surface area contributed by atoms with Crippen LogP contribution in [0.15, 0.2) is 30.5 Å². The van der Waals surface area contributed by atoms with Crippen molar-refractivity contribution in [3.63, 3.8) is 0 Å². The highest BCUT2D eigenvalue weighted by atomic mass is 19.1. The lowest BCUT2D eigenvalue weighted by molar-refractivity contribution is 0.137. The zero-order chi connectivity index (χ0) is 17.1. The van der Waals surface area contributed by atoms with Crippen LogP contribution in [0.2, 0.25) is 0 Å². The molecule has 5 heteroatoms. The van der Waals surface area contributed by atoms with Crippen molar-refractivity contribution in [2.75, 3.05) is 6.54 Å².